The fraction of sp³-hybridized carbons (Fsp3) is 0.300. The number of methoxy groups -OCH3 is 1. The standard InChI is InChI=1S/C20H24O/c1-20(2,3)19-13-11-17(12-14-19)6-5-16-7-9-18(10-8-16)15-21-4/h5-14H,15H2,1-4H3. The Morgan fingerprint density at radius 3 is 1.71 bits per heavy atom. The van der Waals surface area contributed by atoms with Gasteiger partial charge in [0.2, 0.25) is 0 Å². The molecular weight excluding hydrogens is 256 g/mol. The highest BCUT2D eigenvalue weighted by molar-refractivity contribution is 5.69. The van der Waals surface area contributed by atoms with Crippen LogP contribution < -0.4 is 0 Å². The second kappa shape index (κ2) is 6.73. The van der Waals surface area contributed by atoms with Crippen LogP contribution in [0.3, 0.4) is 0 Å². The Morgan fingerprint density at radius 2 is 1.29 bits per heavy atom. The Kier molecular flexibility index (Phi) is 4.98. The Hall–Kier alpha value is -1.86. The largest absolute Gasteiger partial charge is 0.380 e. The first-order valence-corrected chi connectivity index (χ1v) is 7.35. The first-order chi connectivity index (χ1) is 9.99. The van der Waals surface area contributed by atoms with Crippen molar-refractivity contribution >= 4 is 12.2 Å². The smallest absolute Gasteiger partial charge is 0.0713 e. The molecule has 0 spiro atoms. The molecule has 0 fully saturated rings. The zero-order valence-electron chi connectivity index (χ0n) is 13.4. The van der Waals surface area contributed by atoms with Gasteiger partial charge in [0.1, 0.15) is 0 Å². The lowest BCUT2D eigenvalue weighted by Gasteiger charge is -2.18. The molecule has 0 radical (unpaired) electrons. The fourth-order valence-electron chi connectivity index (χ4n) is 2.18. The van der Waals surface area contributed by atoms with E-state index in [0.717, 1.165) is 0 Å². The predicted molar refractivity (Wildman–Crippen MR) is 91.2 cm³/mol. The molecule has 0 saturated carbocycles. The monoisotopic (exact) mass is 280 g/mol. The minimum Gasteiger partial charge on any atom is -0.380 e. The SMILES string of the molecule is COCc1ccc(C=Cc2ccc(C(C)(C)C)cc2)cc1. The number of hydrogen-bond acceptors (Lipinski definition) is 1. The van der Waals surface area contributed by atoms with Crippen molar-refractivity contribution in [2.75, 3.05) is 7.11 Å². The molecule has 21 heavy (non-hydrogen) atoms. The van der Waals surface area contributed by atoms with Gasteiger partial charge in [-0.1, -0.05) is 81.5 Å². The molecule has 2 aromatic carbocycles. The topological polar surface area (TPSA) is 9.23 Å². The van der Waals surface area contributed by atoms with Crippen LogP contribution in [0.5, 0.6) is 0 Å². The maximum absolute atomic E-state index is 5.12. The molecule has 1 heteroatoms. The molecule has 1 nitrogen and oxygen atoms in total. The normalized spacial score (nSPS) is 12.0. The van der Waals surface area contributed by atoms with E-state index in [2.05, 4.69) is 81.5 Å². The lowest BCUT2D eigenvalue weighted by Crippen LogP contribution is -2.10. The van der Waals surface area contributed by atoms with Gasteiger partial charge in [-0.25, -0.2) is 0 Å². The highest BCUT2D eigenvalue weighted by Gasteiger charge is 2.12. The molecule has 0 aliphatic carbocycles. The van der Waals surface area contributed by atoms with Gasteiger partial charge in [-0.15, -0.1) is 0 Å². The summed E-state index contributed by atoms with van der Waals surface area (Å²) in [5.74, 6) is 0. The Morgan fingerprint density at radius 1 is 0.810 bits per heavy atom. The summed E-state index contributed by atoms with van der Waals surface area (Å²) < 4.78 is 5.12. The van der Waals surface area contributed by atoms with Crippen molar-refractivity contribution in [3.05, 3.63) is 70.8 Å². The van der Waals surface area contributed by atoms with Crippen LogP contribution in [0.2, 0.25) is 0 Å². The van der Waals surface area contributed by atoms with Crippen LogP contribution in [0.25, 0.3) is 12.2 Å². The van der Waals surface area contributed by atoms with Gasteiger partial charge in [0.15, 0.2) is 0 Å². The second-order valence-electron chi connectivity index (χ2n) is 6.38. The molecule has 0 heterocycles. The first-order valence-electron chi connectivity index (χ1n) is 7.35. The minimum atomic E-state index is 0.208. The van der Waals surface area contributed by atoms with E-state index in [-0.39, 0.29) is 5.41 Å². The summed E-state index contributed by atoms with van der Waals surface area (Å²) in [6.45, 7) is 7.37. The van der Waals surface area contributed by atoms with E-state index in [0.29, 0.717) is 6.61 Å². The summed E-state index contributed by atoms with van der Waals surface area (Å²) in [6.07, 6.45) is 4.29. The van der Waals surface area contributed by atoms with Crippen LogP contribution in [0.1, 0.15) is 43.0 Å². The Labute approximate surface area is 128 Å². The number of benzene rings is 2. The maximum atomic E-state index is 5.12. The molecule has 0 amide bonds. The molecule has 0 atom stereocenters. The molecule has 0 aromatic heterocycles. The van der Waals surface area contributed by atoms with Gasteiger partial charge in [-0.3, -0.25) is 0 Å². The molecule has 0 aliphatic heterocycles. The predicted octanol–water partition coefficient (Wildman–Crippen LogP) is 5.30. The molecule has 110 valence electrons. The molecule has 0 aliphatic rings. The maximum Gasteiger partial charge on any atom is 0.0713 e. The molecule has 2 rings (SSSR count). The van der Waals surface area contributed by atoms with Gasteiger partial charge in [0.05, 0.1) is 6.61 Å². The zero-order valence-corrected chi connectivity index (χ0v) is 13.4. The van der Waals surface area contributed by atoms with Crippen LogP contribution in [0.15, 0.2) is 48.5 Å². The van der Waals surface area contributed by atoms with E-state index in [1.807, 2.05) is 0 Å². The summed E-state index contributed by atoms with van der Waals surface area (Å²) in [7, 11) is 1.72. The van der Waals surface area contributed by atoms with E-state index in [1.54, 1.807) is 7.11 Å². The lowest BCUT2D eigenvalue weighted by molar-refractivity contribution is 0.185. The van der Waals surface area contributed by atoms with Crippen LogP contribution in [-0.4, -0.2) is 7.11 Å². The molecule has 2 aromatic rings. The molecule has 0 bridgehead atoms. The average molecular weight is 280 g/mol. The highest BCUT2D eigenvalue weighted by Crippen LogP contribution is 2.22. The van der Waals surface area contributed by atoms with Crippen LogP contribution in [-0.2, 0) is 16.8 Å². The minimum absolute atomic E-state index is 0.208. The van der Waals surface area contributed by atoms with Crippen molar-refractivity contribution in [1.29, 1.82) is 0 Å². The van der Waals surface area contributed by atoms with Crippen molar-refractivity contribution in [1.82, 2.24) is 0 Å². The number of ether oxygens (including phenoxy) is 1. The van der Waals surface area contributed by atoms with Gasteiger partial charge in [-0.05, 0) is 27.7 Å². The van der Waals surface area contributed by atoms with Crippen molar-refractivity contribution in [3.63, 3.8) is 0 Å². The highest BCUT2D eigenvalue weighted by atomic mass is 16.5. The van der Waals surface area contributed by atoms with E-state index in [9.17, 15) is 0 Å². The summed E-state index contributed by atoms with van der Waals surface area (Å²) in [6, 6.07) is 17.2. The first kappa shape index (κ1) is 15.5. The quantitative estimate of drug-likeness (QED) is 0.690. The molecular formula is C20H24O. The molecule has 0 N–H and O–H groups in total. The van der Waals surface area contributed by atoms with Gasteiger partial charge < -0.3 is 4.74 Å². The van der Waals surface area contributed by atoms with Gasteiger partial charge in [0.25, 0.3) is 0 Å². The van der Waals surface area contributed by atoms with E-state index < -0.39 is 0 Å². The van der Waals surface area contributed by atoms with E-state index in [1.165, 1.54) is 22.3 Å². The summed E-state index contributed by atoms with van der Waals surface area (Å²) in [5, 5.41) is 0. The van der Waals surface area contributed by atoms with Crippen LogP contribution >= 0.6 is 0 Å². The van der Waals surface area contributed by atoms with Gasteiger partial charge in [0, 0.05) is 7.11 Å². The van der Waals surface area contributed by atoms with Crippen molar-refractivity contribution < 1.29 is 4.74 Å². The third kappa shape index (κ3) is 4.57. The zero-order chi connectivity index (χ0) is 15.3. The molecule has 0 unspecified atom stereocenters. The third-order valence-corrected chi connectivity index (χ3v) is 3.54. The summed E-state index contributed by atoms with van der Waals surface area (Å²) in [4.78, 5) is 0. The van der Waals surface area contributed by atoms with Crippen LogP contribution in [0, 0.1) is 0 Å². The Balaban J connectivity index is 2.07. The number of hydrogen-bond donors (Lipinski definition) is 0. The van der Waals surface area contributed by atoms with Crippen molar-refractivity contribution in [3.8, 4) is 0 Å². The van der Waals surface area contributed by atoms with Gasteiger partial charge >= 0.3 is 0 Å². The summed E-state index contributed by atoms with van der Waals surface area (Å²) in [5.41, 5.74) is 5.20. The van der Waals surface area contributed by atoms with E-state index in [4.69, 9.17) is 4.74 Å². The van der Waals surface area contributed by atoms with E-state index >= 15 is 0 Å². The molecule has 0 saturated heterocycles. The fourth-order valence-corrected chi connectivity index (χ4v) is 2.18. The summed E-state index contributed by atoms with van der Waals surface area (Å²) >= 11 is 0. The average Bonchev–Trinajstić information content (AvgIpc) is 2.46. The third-order valence-electron chi connectivity index (χ3n) is 3.54. The lowest BCUT2D eigenvalue weighted by atomic mass is 9.87. The van der Waals surface area contributed by atoms with Crippen molar-refractivity contribution in [2.45, 2.75) is 32.8 Å². The van der Waals surface area contributed by atoms with Crippen molar-refractivity contribution in [2.24, 2.45) is 0 Å². The van der Waals surface area contributed by atoms with Crippen LogP contribution in [0.4, 0.5) is 0 Å². The number of rotatable bonds is 4. The second-order valence-corrected chi connectivity index (χ2v) is 6.38. The Bertz CT molecular complexity index is 583. The van der Waals surface area contributed by atoms with Gasteiger partial charge in [-0.2, -0.15) is 0 Å².